The summed E-state index contributed by atoms with van der Waals surface area (Å²) in [5, 5.41) is 23.6. The molecule has 2 amide bonds. The summed E-state index contributed by atoms with van der Waals surface area (Å²) in [6.07, 6.45) is -3.70. The Morgan fingerprint density at radius 3 is 2.60 bits per heavy atom. The van der Waals surface area contributed by atoms with Gasteiger partial charge in [0, 0.05) is 25.6 Å². The monoisotopic (exact) mass is 514 g/mol. The average Bonchev–Trinajstić information content (AvgIpc) is 3.27. The summed E-state index contributed by atoms with van der Waals surface area (Å²) in [6, 6.07) is 1.97. The average molecular weight is 515 g/mol. The minimum Gasteiger partial charge on any atom is -0.396 e. The Kier molecular flexibility index (Phi) is 5.61. The van der Waals surface area contributed by atoms with Gasteiger partial charge in [-0.25, -0.2) is 4.52 Å². The standard InChI is InChI=1S/C23H26ClF3N4O4/c1-11(10-32)12-5-14-18(24)19(28-31(14)16(6-12)23(25,26)27)21(35)29-3-4-30(17(33)9-29)15-8-22(2)7-13(22)20(15)34/h5-6,11,13,15,20,32,34H,3-4,7-10H2,1-2H3/t11?,13-,15+,20+,22?/m1/s1. The number of fused-ring (bicyclic) bond motifs is 2. The number of hydrogen-bond donors (Lipinski definition) is 2. The van der Waals surface area contributed by atoms with Crippen LogP contribution in [0.25, 0.3) is 5.52 Å². The van der Waals surface area contributed by atoms with Crippen LogP contribution < -0.4 is 0 Å². The van der Waals surface area contributed by atoms with Crippen LogP contribution in [0.15, 0.2) is 12.1 Å². The lowest BCUT2D eigenvalue weighted by Gasteiger charge is -2.39. The molecule has 2 unspecified atom stereocenters. The fraction of sp³-hybridized carbons (Fsp3) is 0.609. The van der Waals surface area contributed by atoms with Crippen LogP contribution in [0.1, 0.15) is 54.4 Å². The minimum atomic E-state index is -4.78. The van der Waals surface area contributed by atoms with Crippen molar-refractivity contribution in [3.63, 3.8) is 0 Å². The normalized spacial score (nSPS) is 29.6. The van der Waals surface area contributed by atoms with Gasteiger partial charge in [0.25, 0.3) is 5.91 Å². The maximum Gasteiger partial charge on any atom is 0.433 e. The highest BCUT2D eigenvalue weighted by molar-refractivity contribution is 6.36. The largest absolute Gasteiger partial charge is 0.433 e. The summed E-state index contributed by atoms with van der Waals surface area (Å²) >= 11 is 6.35. The van der Waals surface area contributed by atoms with Crippen molar-refractivity contribution in [2.75, 3.05) is 26.2 Å². The van der Waals surface area contributed by atoms with E-state index in [1.165, 1.54) is 11.0 Å². The Bertz CT molecular complexity index is 1220. The molecule has 0 radical (unpaired) electrons. The lowest BCUT2D eigenvalue weighted by molar-refractivity contribution is -0.142. The number of hydrogen-bond acceptors (Lipinski definition) is 5. The molecule has 2 aromatic heterocycles. The molecule has 5 atom stereocenters. The molecule has 0 spiro atoms. The minimum absolute atomic E-state index is 0.0595. The highest BCUT2D eigenvalue weighted by atomic mass is 35.5. The Morgan fingerprint density at radius 1 is 1.31 bits per heavy atom. The number of aromatic nitrogens is 2. The summed E-state index contributed by atoms with van der Waals surface area (Å²) in [6.45, 7) is 3.39. The van der Waals surface area contributed by atoms with Gasteiger partial charge < -0.3 is 20.0 Å². The van der Waals surface area contributed by atoms with Crippen LogP contribution in [-0.2, 0) is 11.0 Å². The number of alkyl halides is 3. The molecule has 35 heavy (non-hydrogen) atoms. The third-order valence-corrected chi connectivity index (χ3v) is 8.25. The van der Waals surface area contributed by atoms with E-state index in [4.69, 9.17) is 11.6 Å². The number of piperazine rings is 1. The first-order chi connectivity index (χ1) is 16.4. The van der Waals surface area contributed by atoms with Crippen molar-refractivity contribution in [2.45, 2.75) is 50.9 Å². The molecule has 1 saturated heterocycles. The molecule has 12 heteroatoms. The number of carbonyl (C=O) groups is 2. The van der Waals surface area contributed by atoms with E-state index in [-0.39, 0.29) is 71.3 Å². The Hall–Kier alpha value is -2.37. The number of pyridine rings is 1. The molecular weight excluding hydrogens is 489 g/mol. The number of amides is 2. The van der Waals surface area contributed by atoms with Crippen LogP contribution in [0.3, 0.4) is 0 Å². The van der Waals surface area contributed by atoms with Crippen LogP contribution in [-0.4, -0.2) is 79.8 Å². The zero-order valence-corrected chi connectivity index (χ0v) is 20.0. The van der Waals surface area contributed by atoms with Gasteiger partial charge in [0.2, 0.25) is 5.91 Å². The van der Waals surface area contributed by atoms with Crippen molar-refractivity contribution in [3.05, 3.63) is 34.1 Å². The number of halogens is 4. The highest BCUT2D eigenvalue weighted by Gasteiger charge is 2.63. The van der Waals surface area contributed by atoms with Gasteiger partial charge in [0.15, 0.2) is 5.69 Å². The smallest absolute Gasteiger partial charge is 0.396 e. The van der Waals surface area contributed by atoms with Gasteiger partial charge in [0.1, 0.15) is 12.2 Å². The van der Waals surface area contributed by atoms with Gasteiger partial charge in [-0.1, -0.05) is 25.4 Å². The highest BCUT2D eigenvalue weighted by Crippen LogP contribution is 2.64. The number of aliphatic hydroxyl groups excluding tert-OH is 2. The SMILES string of the molecule is CC(CO)c1cc(C(F)(F)F)n2nc(C(=O)N3CCN([C@H]4CC5(C)C[C@@H]5[C@@H]4O)C(=O)C3)c(Cl)c2c1. The zero-order valence-electron chi connectivity index (χ0n) is 19.2. The van der Waals surface area contributed by atoms with E-state index in [0.29, 0.717) is 10.9 Å². The van der Waals surface area contributed by atoms with Crippen molar-refractivity contribution >= 4 is 28.9 Å². The van der Waals surface area contributed by atoms with E-state index >= 15 is 0 Å². The molecule has 3 aliphatic rings. The van der Waals surface area contributed by atoms with Gasteiger partial charge in [0.05, 0.1) is 22.7 Å². The molecule has 2 saturated carbocycles. The summed E-state index contributed by atoms with van der Waals surface area (Å²) in [4.78, 5) is 28.9. The second-order valence-electron chi connectivity index (χ2n) is 10.3. The molecular formula is C23H26ClF3N4O4. The zero-order chi connectivity index (χ0) is 25.4. The van der Waals surface area contributed by atoms with Crippen molar-refractivity contribution in [1.82, 2.24) is 19.4 Å². The van der Waals surface area contributed by atoms with E-state index in [2.05, 4.69) is 12.0 Å². The molecule has 0 aromatic carbocycles. The number of rotatable bonds is 4. The maximum atomic E-state index is 13.8. The first kappa shape index (κ1) is 24.3. The summed E-state index contributed by atoms with van der Waals surface area (Å²) in [5.41, 5.74) is -1.33. The number of nitrogens with zero attached hydrogens (tertiary/aromatic N) is 4. The van der Waals surface area contributed by atoms with Gasteiger partial charge in [-0.15, -0.1) is 0 Å². The molecule has 3 fully saturated rings. The Balaban J connectivity index is 1.41. The molecule has 8 nitrogen and oxygen atoms in total. The lowest BCUT2D eigenvalue weighted by Crippen LogP contribution is -2.57. The lowest BCUT2D eigenvalue weighted by atomic mass is 10.0. The van der Waals surface area contributed by atoms with Crippen LogP contribution in [0.5, 0.6) is 0 Å². The molecule has 0 bridgehead atoms. The fourth-order valence-corrected chi connectivity index (χ4v) is 5.85. The number of aliphatic hydroxyl groups is 2. The van der Waals surface area contributed by atoms with E-state index in [1.807, 2.05) is 0 Å². The predicted octanol–water partition coefficient (Wildman–Crippen LogP) is 2.55. The van der Waals surface area contributed by atoms with E-state index < -0.39 is 29.8 Å². The Morgan fingerprint density at radius 2 is 2.03 bits per heavy atom. The van der Waals surface area contributed by atoms with Crippen molar-refractivity contribution < 1.29 is 33.0 Å². The van der Waals surface area contributed by atoms with Crippen LogP contribution in [0.4, 0.5) is 13.2 Å². The summed E-state index contributed by atoms with van der Waals surface area (Å²) < 4.78 is 41.9. The molecule has 2 aromatic rings. The molecule has 5 rings (SSSR count). The van der Waals surface area contributed by atoms with E-state index in [1.54, 1.807) is 11.8 Å². The molecule has 190 valence electrons. The van der Waals surface area contributed by atoms with E-state index in [9.17, 15) is 33.0 Å². The van der Waals surface area contributed by atoms with Crippen molar-refractivity contribution in [3.8, 4) is 0 Å². The molecule has 1 aliphatic heterocycles. The fourth-order valence-electron chi connectivity index (χ4n) is 5.60. The maximum absolute atomic E-state index is 13.8. The molecule has 2 N–H and O–H groups in total. The third-order valence-electron chi connectivity index (χ3n) is 7.88. The van der Waals surface area contributed by atoms with Gasteiger partial charge >= 0.3 is 6.18 Å². The van der Waals surface area contributed by atoms with Crippen molar-refractivity contribution in [2.24, 2.45) is 11.3 Å². The number of carbonyl (C=O) groups excluding carboxylic acids is 2. The molecule has 2 aliphatic carbocycles. The second kappa shape index (κ2) is 8.07. The predicted molar refractivity (Wildman–Crippen MR) is 119 cm³/mol. The Labute approximate surface area is 204 Å². The molecule has 3 heterocycles. The summed E-state index contributed by atoms with van der Waals surface area (Å²) in [5.74, 6) is -1.46. The van der Waals surface area contributed by atoms with Crippen molar-refractivity contribution in [1.29, 1.82) is 0 Å². The van der Waals surface area contributed by atoms with E-state index in [0.717, 1.165) is 12.5 Å². The van der Waals surface area contributed by atoms with Crippen LogP contribution in [0.2, 0.25) is 5.02 Å². The van der Waals surface area contributed by atoms with Crippen LogP contribution in [0, 0.1) is 11.3 Å². The second-order valence-corrected chi connectivity index (χ2v) is 10.6. The summed E-state index contributed by atoms with van der Waals surface area (Å²) in [7, 11) is 0. The van der Waals surface area contributed by atoms with Gasteiger partial charge in [-0.2, -0.15) is 18.3 Å². The first-order valence-electron chi connectivity index (χ1n) is 11.5. The topological polar surface area (TPSA) is 98.4 Å². The third kappa shape index (κ3) is 3.88. The van der Waals surface area contributed by atoms with Gasteiger partial charge in [-0.3, -0.25) is 9.59 Å². The quantitative estimate of drug-likeness (QED) is 0.653. The van der Waals surface area contributed by atoms with Gasteiger partial charge in [-0.05, 0) is 41.9 Å². The van der Waals surface area contributed by atoms with Crippen LogP contribution >= 0.6 is 11.6 Å². The first-order valence-corrected chi connectivity index (χ1v) is 11.9.